The van der Waals surface area contributed by atoms with Gasteiger partial charge in [0.1, 0.15) is 18.1 Å². The summed E-state index contributed by atoms with van der Waals surface area (Å²) >= 11 is 0. The molecule has 0 amide bonds. The van der Waals surface area contributed by atoms with E-state index in [1.165, 1.54) is 28.6 Å². The standard InChI is InChI=1S/C26H24N2O5S/c1-3-28(22-12-8-5-9-13-22)34(30,31)23-16-14-21(15-17-23)26(29)32-18-24-19(2)33-25(27-24)20-10-6-4-7-11-20/h4-17H,3,18H2,1-2H3. The third kappa shape index (κ3) is 4.87. The molecule has 0 radical (unpaired) electrons. The quantitative estimate of drug-likeness (QED) is 0.324. The summed E-state index contributed by atoms with van der Waals surface area (Å²) in [5.41, 5.74) is 2.17. The number of ether oxygens (including phenoxy) is 1. The number of rotatable bonds is 8. The smallest absolute Gasteiger partial charge is 0.338 e. The number of sulfonamides is 1. The molecular formula is C26H24N2O5S. The zero-order chi connectivity index (χ0) is 24.1. The molecule has 0 unspecified atom stereocenters. The SMILES string of the molecule is CCN(c1ccccc1)S(=O)(=O)c1ccc(C(=O)OCc2nc(-c3ccccc3)oc2C)cc1. The summed E-state index contributed by atoms with van der Waals surface area (Å²) in [6.45, 7) is 3.75. The fourth-order valence-electron chi connectivity index (χ4n) is 3.46. The summed E-state index contributed by atoms with van der Waals surface area (Å²) in [4.78, 5) is 17.1. The molecule has 0 bridgehead atoms. The molecule has 0 saturated heterocycles. The third-order valence-corrected chi connectivity index (χ3v) is 7.18. The van der Waals surface area contributed by atoms with Crippen molar-refractivity contribution in [1.29, 1.82) is 0 Å². The van der Waals surface area contributed by atoms with E-state index in [9.17, 15) is 13.2 Å². The molecule has 0 aliphatic carbocycles. The molecule has 7 nitrogen and oxygen atoms in total. The average Bonchev–Trinajstić information content (AvgIpc) is 3.24. The molecule has 1 heterocycles. The summed E-state index contributed by atoms with van der Waals surface area (Å²) in [5.74, 6) is 0.439. The van der Waals surface area contributed by atoms with Gasteiger partial charge in [-0.15, -0.1) is 0 Å². The third-order valence-electron chi connectivity index (χ3n) is 5.26. The number of carbonyl (C=O) groups excluding carboxylic acids is 1. The van der Waals surface area contributed by atoms with E-state index >= 15 is 0 Å². The van der Waals surface area contributed by atoms with E-state index in [0.29, 0.717) is 23.0 Å². The highest BCUT2D eigenvalue weighted by Gasteiger charge is 2.24. The van der Waals surface area contributed by atoms with Crippen LogP contribution in [0.25, 0.3) is 11.5 Å². The summed E-state index contributed by atoms with van der Waals surface area (Å²) in [6.07, 6.45) is 0. The van der Waals surface area contributed by atoms with Crippen LogP contribution in [0.5, 0.6) is 0 Å². The number of nitrogens with zero attached hydrogens (tertiary/aromatic N) is 2. The molecule has 4 aromatic rings. The van der Waals surface area contributed by atoms with Crippen LogP contribution >= 0.6 is 0 Å². The fourth-order valence-corrected chi connectivity index (χ4v) is 4.93. The summed E-state index contributed by atoms with van der Waals surface area (Å²) in [7, 11) is -3.77. The van der Waals surface area contributed by atoms with Crippen molar-refractivity contribution in [3.63, 3.8) is 0 Å². The highest BCUT2D eigenvalue weighted by molar-refractivity contribution is 7.92. The van der Waals surface area contributed by atoms with Gasteiger partial charge >= 0.3 is 5.97 Å². The van der Waals surface area contributed by atoms with Crippen LogP contribution in [-0.4, -0.2) is 25.9 Å². The van der Waals surface area contributed by atoms with Crippen LogP contribution in [0.1, 0.15) is 28.7 Å². The van der Waals surface area contributed by atoms with Gasteiger partial charge in [0.05, 0.1) is 16.1 Å². The van der Waals surface area contributed by atoms with Crippen LogP contribution in [0.15, 0.2) is 94.2 Å². The van der Waals surface area contributed by atoms with Crippen molar-refractivity contribution >= 4 is 21.7 Å². The number of benzene rings is 3. The molecule has 4 rings (SSSR count). The van der Waals surface area contributed by atoms with Crippen LogP contribution in [0.3, 0.4) is 0 Å². The van der Waals surface area contributed by atoms with E-state index in [-0.39, 0.29) is 23.6 Å². The first-order valence-corrected chi connectivity index (χ1v) is 12.2. The van der Waals surface area contributed by atoms with Crippen molar-refractivity contribution in [2.24, 2.45) is 0 Å². The second kappa shape index (κ2) is 9.93. The zero-order valence-electron chi connectivity index (χ0n) is 18.8. The zero-order valence-corrected chi connectivity index (χ0v) is 19.7. The van der Waals surface area contributed by atoms with Gasteiger partial charge in [0.15, 0.2) is 0 Å². The molecule has 8 heteroatoms. The Labute approximate surface area is 198 Å². The maximum atomic E-state index is 13.1. The Balaban J connectivity index is 1.45. The van der Waals surface area contributed by atoms with Gasteiger partial charge in [-0.25, -0.2) is 18.2 Å². The molecule has 0 saturated carbocycles. The molecular weight excluding hydrogens is 452 g/mol. The number of carbonyl (C=O) groups is 1. The van der Waals surface area contributed by atoms with E-state index in [1.54, 1.807) is 38.1 Å². The predicted octanol–water partition coefficient (Wildman–Crippen LogP) is 5.22. The number of aryl methyl sites for hydroxylation is 1. The molecule has 3 aromatic carbocycles. The van der Waals surface area contributed by atoms with Crippen molar-refractivity contribution in [2.75, 3.05) is 10.8 Å². The molecule has 0 atom stereocenters. The number of hydrogen-bond donors (Lipinski definition) is 0. The number of esters is 1. The first-order chi connectivity index (χ1) is 16.4. The lowest BCUT2D eigenvalue weighted by atomic mass is 10.2. The van der Waals surface area contributed by atoms with Gasteiger partial charge in [0.2, 0.25) is 5.89 Å². The monoisotopic (exact) mass is 476 g/mol. The minimum atomic E-state index is -3.77. The van der Waals surface area contributed by atoms with Gasteiger partial charge in [-0.1, -0.05) is 36.4 Å². The lowest BCUT2D eigenvalue weighted by molar-refractivity contribution is 0.0467. The number of aromatic nitrogens is 1. The van der Waals surface area contributed by atoms with E-state index in [4.69, 9.17) is 9.15 Å². The normalized spacial score (nSPS) is 11.2. The topological polar surface area (TPSA) is 89.7 Å². The first kappa shape index (κ1) is 23.3. The van der Waals surface area contributed by atoms with Crippen LogP contribution in [0.2, 0.25) is 0 Å². The molecule has 0 N–H and O–H groups in total. The van der Waals surface area contributed by atoms with Crippen molar-refractivity contribution in [3.8, 4) is 11.5 Å². The Bertz CT molecular complexity index is 1370. The average molecular weight is 477 g/mol. The van der Waals surface area contributed by atoms with Crippen molar-refractivity contribution < 1.29 is 22.4 Å². The Hall–Kier alpha value is -3.91. The van der Waals surface area contributed by atoms with Crippen molar-refractivity contribution in [3.05, 3.63) is 102 Å². The highest BCUT2D eigenvalue weighted by Crippen LogP contribution is 2.24. The van der Waals surface area contributed by atoms with Gasteiger partial charge in [-0.2, -0.15) is 0 Å². The maximum Gasteiger partial charge on any atom is 0.338 e. The van der Waals surface area contributed by atoms with E-state index in [1.807, 2.05) is 36.4 Å². The lowest BCUT2D eigenvalue weighted by Gasteiger charge is -2.22. The number of oxazole rings is 1. The van der Waals surface area contributed by atoms with Crippen LogP contribution in [0.4, 0.5) is 5.69 Å². The number of anilines is 1. The largest absolute Gasteiger partial charge is 0.455 e. The second-order valence-electron chi connectivity index (χ2n) is 7.49. The van der Waals surface area contributed by atoms with Gasteiger partial charge < -0.3 is 9.15 Å². The van der Waals surface area contributed by atoms with Crippen LogP contribution in [-0.2, 0) is 21.4 Å². The van der Waals surface area contributed by atoms with E-state index in [2.05, 4.69) is 4.98 Å². The first-order valence-electron chi connectivity index (χ1n) is 10.8. The van der Waals surface area contributed by atoms with Gasteiger partial charge in [-0.3, -0.25) is 4.31 Å². The van der Waals surface area contributed by atoms with Crippen molar-refractivity contribution in [1.82, 2.24) is 4.98 Å². The summed E-state index contributed by atoms with van der Waals surface area (Å²) in [5, 5.41) is 0. The van der Waals surface area contributed by atoms with Crippen LogP contribution < -0.4 is 4.31 Å². The maximum absolute atomic E-state index is 13.1. The summed E-state index contributed by atoms with van der Waals surface area (Å²) in [6, 6.07) is 24.0. The second-order valence-corrected chi connectivity index (χ2v) is 9.36. The Morgan fingerprint density at radius 3 is 2.18 bits per heavy atom. The van der Waals surface area contributed by atoms with Crippen molar-refractivity contribution in [2.45, 2.75) is 25.3 Å². The Kier molecular flexibility index (Phi) is 6.79. The predicted molar refractivity (Wildman–Crippen MR) is 129 cm³/mol. The number of para-hydroxylation sites is 1. The molecule has 0 aliphatic rings. The number of hydrogen-bond acceptors (Lipinski definition) is 6. The minimum absolute atomic E-state index is 0.0569. The molecule has 174 valence electrons. The van der Waals surface area contributed by atoms with E-state index < -0.39 is 16.0 Å². The Morgan fingerprint density at radius 2 is 1.56 bits per heavy atom. The van der Waals surface area contributed by atoms with Crippen LogP contribution in [0, 0.1) is 6.92 Å². The fraction of sp³-hybridized carbons (Fsp3) is 0.154. The minimum Gasteiger partial charge on any atom is -0.455 e. The van der Waals surface area contributed by atoms with Gasteiger partial charge in [0, 0.05) is 12.1 Å². The molecule has 0 aliphatic heterocycles. The van der Waals surface area contributed by atoms with Gasteiger partial charge in [-0.05, 0) is 62.4 Å². The van der Waals surface area contributed by atoms with Gasteiger partial charge in [0.25, 0.3) is 10.0 Å². The Morgan fingerprint density at radius 1 is 0.941 bits per heavy atom. The molecule has 0 spiro atoms. The molecule has 34 heavy (non-hydrogen) atoms. The lowest BCUT2D eigenvalue weighted by Crippen LogP contribution is -2.30. The summed E-state index contributed by atoms with van der Waals surface area (Å²) < 4.78 is 38.6. The molecule has 1 aromatic heterocycles. The highest BCUT2D eigenvalue weighted by atomic mass is 32.2. The van der Waals surface area contributed by atoms with E-state index in [0.717, 1.165) is 5.56 Å². The molecule has 0 fully saturated rings.